The minimum Gasteiger partial charge on any atom is -0.479 e. The van der Waals surface area contributed by atoms with Crippen LogP contribution < -0.4 is 9.64 Å². The lowest BCUT2D eigenvalue weighted by atomic mass is 10.2. The third-order valence-electron chi connectivity index (χ3n) is 3.18. The van der Waals surface area contributed by atoms with Gasteiger partial charge in [-0.15, -0.1) is 0 Å². The number of nitrogens with zero attached hydrogens (tertiary/aromatic N) is 2. The van der Waals surface area contributed by atoms with Crippen molar-refractivity contribution in [2.75, 3.05) is 12.0 Å². The molecule has 29 heavy (non-hydrogen) atoms. The van der Waals surface area contributed by atoms with E-state index in [0.29, 0.717) is 4.90 Å². The van der Waals surface area contributed by atoms with Crippen molar-refractivity contribution in [3.63, 3.8) is 0 Å². The predicted molar refractivity (Wildman–Crippen MR) is 100 cm³/mol. The van der Waals surface area contributed by atoms with E-state index in [1.807, 2.05) is 0 Å². The first-order valence-corrected chi connectivity index (χ1v) is 8.92. The second kappa shape index (κ2) is 9.32. The van der Waals surface area contributed by atoms with E-state index >= 15 is 0 Å². The number of pyridine rings is 1. The molecule has 0 fully saturated rings. The third kappa shape index (κ3) is 7.78. The van der Waals surface area contributed by atoms with Gasteiger partial charge in [0.1, 0.15) is 22.7 Å². The van der Waals surface area contributed by atoms with Crippen molar-refractivity contribution in [2.45, 2.75) is 72.0 Å². The van der Waals surface area contributed by atoms with E-state index < -0.39 is 42.1 Å². The lowest BCUT2D eigenvalue weighted by Gasteiger charge is -2.29. The van der Waals surface area contributed by atoms with Gasteiger partial charge in [-0.3, -0.25) is 0 Å². The molecule has 0 aliphatic carbocycles. The number of imide groups is 1. The number of hydrogen-bond donors (Lipinski definition) is 0. The zero-order chi connectivity index (χ0) is 22.6. The van der Waals surface area contributed by atoms with Crippen LogP contribution in [0.5, 0.6) is 5.88 Å². The van der Waals surface area contributed by atoms with Gasteiger partial charge in [0.2, 0.25) is 12.3 Å². The van der Waals surface area contributed by atoms with Gasteiger partial charge in [0, 0.05) is 12.5 Å². The Labute approximate surface area is 168 Å². The van der Waals surface area contributed by atoms with Gasteiger partial charge in [-0.2, -0.15) is 4.90 Å². The van der Waals surface area contributed by atoms with Crippen LogP contribution in [-0.2, 0) is 15.9 Å². The van der Waals surface area contributed by atoms with E-state index in [-0.39, 0.29) is 23.7 Å². The number of carbonyl (C=O) groups excluding carboxylic acids is 2. The number of alkyl halides is 2. The zero-order valence-electron chi connectivity index (χ0n) is 17.6. The van der Waals surface area contributed by atoms with Crippen molar-refractivity contribution in [3.8, 4) is 5.88 Å². The summed E-state index contributed by atoms with van der Waals surface area (Å²) in [5.41, 5.74) is -2.57. The summed E-state index contributed by atoms with van der Waals surface area (Å²) in [6.45, 7) is 9.51. The maximum absolute atomic E-state index is 14.5. The number of amides is 2. The smallest absolute Gasteiger partial charge is 0.424 e. The molecule has 0 radical (unpaired) electrons. The molecule has 1 rings (SSSR count). The average molecular weight is 420 g/mol. The first-order valence-electron chi connectivity index (χ1n) is 8.92. The van der Waals surface area contributed by atoms with Crippen LogP contribution in [-0.4, -0.2) is 41.9 Å². The molecule has 0 aliphatic heterocycles. The summed E-state index contributed by atoms with van der Waals surface area (Å²) in [5.74, 6) is -1.29. The summed E-state index contributed by atoms with van der Waals surface area (Å²) in [6, 6.07) is 0.806. The second-order valence-corrected chi connectivity index (χ2v) is 8.17. The van der Waals surface area contributed by atoms with Crippen LogP contribution in [0.3, 0.4) is 0 Å². The molecule has 0 bridgehead atoms. The summed E-state index contributed by atoms with van der Waals surface area (Å²) in [6.07, 6.45) is -5.85. The van der Waals surface area contributed by atoms with Gasteiger partial charge < -0.3 is 14.2 Å². The molecule has 0 saturated heterocycles. The van der Waals surface area contributed by atoms with Gasteiger partial charge in [-0.25, -0.2) is 27.7 Å². The van der Waals surface area contributed by atoms with E-state index in [4.69, 9.17) is 14.2 Å². The molecule has 0 unspecified atom stereocenters. The van der Waals surface area contributed by atoms with Crippen LogP contribution in [0.4, 0.5) is 28.4 Å². The number of aryl methyl sites for hydroxylation is 1. The lowest BCUT2D eigenvalue weighted by molar-refractivity contribution is 0.0429. The molecule has 0 aliphatic rings. The summed E-state index contributed by atoms with van der Waals surface area (Å²) in [5, 5.41) is 0. The van der Waals surface area contributed by atoms with E-state index in [9.17, 15) is 22.8 Å². The van der Waals surface area contributed by atoms with Crippen molar-refractivity contribution < 1.29 is 37.0 Å². The Hall–Kier alpha value is -2.52. The van der Waals surface area contributed by atoms with E-state index in [0.717, 1.165) is 6.07 Å². The minimum absolute atomic E-state index is 0.278. The van der Waals surface area contributed by atoms with Gasteiger partial charge >= 0.3 is 12.2 Å². The molecule has 1 aromatic rings. The highest BCUT2D eigenvalue weighted by molar-refractivity contribution is 6.10. The number of carbonyl (C=O) groups is 2. The van der Waals surface area contributed by atoms with E-state index in [1.54, 1.807) is 41.5 Å². The van der Waals surface area contributed by atoms with Crippen molar-refractivity contribution >= 4 is 17.9 Å². The average Bonchev–Trinajstić information content (AvgIpc) is 2.50. The topological polar surface area (TPSA) is 78.0 Å². The van der Waals surface area contributed by atoms with Crippen LogP contribution in [0, 0.1) is 5.82 Å². The van der Waals surface area contributed by atoms with Crippen LogP contribution in [0.25, 0.3) is 0 Å². The Morgan fingerprint density at radius 1 is 1.07 bits per heavy atom. The molecule has 0 atom stereocenters. The Balaban J connectivity index is 3.44. The molecule has 1 aromatic heterocycles. The monoisotopic (exact) mass is 420 g/mol. The summed E-state index contributed by atoms with van der Waals surface area (Å²) in [7, 11) is 1.18. The number of halogens is 3. The molecular formula is C19H27F3N2O5. The predicted octanol–water partition coefficient (Wildman–Crippen LogP) is 5.10. The van der Waals surface area contributed by atoms with Crippen LogP contribution in [0.2, 0.25) is 0 Å². The Bertz CT molecular complexity index is 715. The molecule has 0 spiro atoms. The number of methoxy groups -OCH3 is 1. The zero-order valence-corrected chi connectivity index (χ0v) is 17.6. The minimum atomic E-state index is -2.64. The number of aromatic nitrogens is 1. The first-order chi connectivity index (χ1) is 13.1. The summed E-state index contributed by atoms with van der Waals surface area (Å²) >= 11 is 0. The molecule has 1 heterocycles. The molecular weight excluding hydrogens is 393 g/mol. The van der Waals surface area contributed by atoms with Gasteiger partial charge in [0.15, 0.2) is 0 Å². The van der Waals surface area contributed by atoms with Gasteiger partial charge in [0.05, 0.1) is 12.8 Å². The number of ether oxygens (including phenoxy) is 3. The quantitative estimate of drug-likeness (QED) is 0.659. The van der Waals surface area contributed by atoms with Crippen molar-refractivity contribution in [1.29, 1.82) is 0 Å². The number of hydrogen-bond acceptors (Lipinski definition) is 6. The molecule has 0 N–H and O–H groups in total. The Morgan fingerprint density at radius 2 is 1.55 bits per heavy atom. The van der Waals surface area contributed by atoms with Crippen molar-refractivity contribution in [3.05, 3.63) is 17.6 Å². The van der Waals surface area contributed by atoms with Crippen LogP contribution in [0.1, 0.15) is 53.7 Å². The number of rotatable bonds is 5. The first kappa shape index (κ1) is 24.5. The fraction of sp³-hybridized carbons (Fsp3) is 0.632. The maximum Gasteiger partial charge on any atom is 0.424 e. The fourth-order valence-electron chi connectivity index (χ4n) is 2.12. The standard InChI is InChI=1S/C19H27F3N2O5/c1-18(2,3)28-16(25)24(17(26)29-19(4,5)6)13-10-11(20)12(8-9-14(21)22)23-15(13)27-7/h10,14H,8-9H2,1-7H3. The molecule has 0 aromatic carbocycles. The lowest BCUT2D eigenvalue weighted by Crippen LogP contribution is -2.44. The number of anilines is 1. The van der Waals surface area contributed by atoms with Crippen molar-refractivity contribution in [1.82, 2.24) is 4.98 Å². The highest BCUT2D eigenvalue weighted by atomic mass is 19.3. The highest BCUT2D eigenvalue weighted by Gasteiger charge is 2.35. The van der Waals surface area contributed by atoms with Gasteiger partial charge in [-0.05, 0) is 48.0 Å². The Morgan fingerprint density at radius 3 is 1.93 bits per heavy atom. The normalized spacial score (nSPS) is 12.0. The molecule has 7 nitrogen and oxygen atoms in total. The van der Waals surface area contributed by atoms with Crippen LogP contribution >= 0.6 is 0 Å². The van der Waals surface area contributed by atoms with Crippen LogP contribution in [0.15, 0.2) is 6.07 Å². The van der Waals surface area contributed by atoms with Crippen molar-refractivity contribution in [2.24, 2.45) is 0 Å². The summed E-state index contributed by atoms with van der Waals surface area (Å²) in [4.78, 5) is 29.6. The van der Waals surface area contributed by atoms with Gasteiger partial charge in [-0.1, -0.05) is 0 Å². The largest absolute Gasteiger partial charge is 0.479 e. The van der Waals surface area contributed by atoms with Gasteiger partial charge in [0.25, 0.3) is 0 Å². The molecule has 2 amide bonds. The molecule has 10 heteroatoms. The fourth-order valence-corrected chi connectivity index (χ4v) is 2.12. The SMILES string of the molecule is COc1nc(CCC(F)F)c(F)cc1N(C(=O)OC(C)(C)C)C(=O)OC(C)(C)C. The molecule has 0 saturated carbocycles. The third-order valence-corrected chi connectivity index (χ3v) is 3.18. The summed E-state index contributed by atoms with van der Waals surface area (Å²) < 4.78 is 54.9. The van der Waals surface area contributed by atoms with E-state index in [2.05, 4.69) is 4.98 Å². The molecule has 164 valence electrons. The Kier molecular flexibility index (Phi) is 7.88. The highest BCUT2D eigenvalue weighted by Crippen LogP contribution is 2.31. The second-order valence-electron chi connectivity index (χ2n) is 8.17. The maximum atomic E-state index is 14.5. The van der Waals surface area contributed by atoms with E-state index in [1.165, 1.54) is 7.11 Å².